The van der Waals surface area contributed by atoms with Crippen LogP contribution in [0.3, 0.4) is 0 Å². The molecule has 15 heteroatoms. The number of imide groups is 2. The van der Waals surface area contributed by atoms with Crippen LogP contribution in [0.4, 0.5) is 27.6 Å². The molecule has 0 spiro atoms. The molecule has 2 heterocycles. The Morgan fingerprint density at radius 2 is 1.44 bits per heavy atom. The van der Waals surface area contributed by atoms with E-state index in [1.807, 2.05) is 0 Å². The summed E-state index contributed by atoms with van der Waals surface area (Å²) in [4.78, 5) is 51.4. The van der Waals surface area contributed by atoms with E-state index < -0.39 is 104 Å². The normalized spacial score (nSPS) is 29.6. The van der Waals surface area contributed by atoms with Crippen molar-refractivity contribution in [3.05, 3.63) is 105 Å². The first-order valence-electron chi connectivity index (χ1n) is 14.5. The second kappa shape index (κ2) is 11.0. The maximum Gasteiger partial charge on any atom is 0.258 e. The molecule has 48 heavy (non-hydrogen) atoms. The van der Waals surface area contributed by atoms with Crippen molar-refractivity contribution in [3.8, 4) is 5.75 Å². The number of alkyl halides is 2. The van der Waals surface area contributed by atoms with Gasteiger partial charge in [0.25, 0.3) is 11.8 Å². The summed E-state index contributed by atoms with van der Waals surface area (Å²) in [5, 5.41) is 11.0. The zero-order valence-electron chi connectivity index (χ0n) is 24.1. The highest BCUT2D eigenvalue weighted by atomic mass is 35.5. The minimum atomic E-state index is -2.77. The molecule has 4 aliphatic rings. The lowest BCUT2D eigenvalue weighted by molar-refractivity contribution is -0.141. The molecule has 2 saturated heterocycles. The molecule has 0 radical (unpaired) electrons. The van der Waals surface area contributed by atoms with Crippen molar-refractivity contribution in [3.63, 3.8) is 0 Å². The van der Waals surface area contributed by atoms with Gasteiger partial charge < -0.3 is 5.11 Å². The average Bonchev–Trinajstić information content (AvgIpc) is 3.39. The Kier molecular flexibility index (Phi) is 7.46. The molecule has 1 N–H and O–H groups in total. The molecular formula is C33H20Cl3F5N2O5. The number of benzene rings is 3. The number of likely N-dealkylation sites (tertiary alicyclic amines) is 1. The highest BCUT2D eigenvalue weighted by Crippen LogP contribution is 2.66. The van der Waals surface area contributed by atoms with Crippen LogP contribution in [0, 0.1) is 46.8 Å². The van der Waals surface area contributed by atoms with Crippen LogP contribution in [0.15, 0.2) is 60.2 Å². The number of rotatable bonds is 4. The number of carbonyl (C=O) groups excluding carboxylic acids is 4. The predicted octanol–water partition coefficient (Wildman–Crippen LogP) is 6.50. The number of nitrogens with zero attached hydrogens (tertiary/aromatic N) is 2. The fraction of sp³-hybridized carbons (Fsp3) is 0.273. The van der Waals surface area contributed by atoms with Gasteiger partial charge in [0.15, 0.2) is 33.0 Å². The van der Waals surface area contributed by atoms with Crippen molar-refractivity contribution in [1.82, 2.24) is 4.90 Å². The summed E-state index contributed by atoms with van der Waals surface area (Å²) in [5.41, 5.74) is -1.21. The van der Waals surface area contributed by atoms with Gasteiger partial charge in [-0.1, -0.05) is 53.6 Å². The molecule has 4 amide bonds. The standard InChI is InChI=1S/C33H20Cl3F5N2O5/c34-14-6-9-19(44)17(10-14)21-15-7-8-16-20(29(46)42(28(16)45)12-13-4-2-1-3-5-13)18(15)11-32(35)30(47)43(31(48)33(21,32)36)27-25(40)23(38)22(37)24(39)26(27)41/h1-7,9-10,16,18,20-21,44H,8,11-12H2. The van der Waals surface area contributed by atoms with Gasteiger partial charge in [0, 0.05) is 16.5 Å². The van der Waals surface area contributed by atoms with Crippen LogP contribution >= 0.6 is 34.8 Å². The molecule has 0 bridgehead atoms. The first-order valence-corrected chi connectivity index (χ1v) is 15.6. The number of aromatic hydroxyl groups is 1. The molecule has 7 nitrogen and oxygen atoms in total. The lowest BCUT2D eigenvalue weighted by atomic mass is 9.56. The third-order valence-electron chi connectivity index (χ3n) is 9.80. The first kappa shape index (κ1) is 32.5. The summed E-state index contributed by atoms with van der Waals surface area (Å²) >= 11 is 20.4. The van der Waals surface area contributed by atoms with Gasteiger partial charge in [0.2, 0.25) is 17.6 Å². The molecule has 248 valence electrons. The fourth-order valence-electron chi connectivity index (χ4n) is 7.66. The van der Waals surface area contributed by atoms with Crippen molar-refractivity contribution in [2.75, 3.05) is 4.90 Å². The van der Waals surface area contributed by atoms with Crippen LogP contribution in [-0.2, 0) is 25.7 Å². The molecule has 7 rings (SSSR count). The molecule has 6 unspecified atom stereocenters. The molecule has 6 atom stereocenters. The van der Waals surface area contributed by atoms with E-state index in [-0.39, 0.29) is 34.0 Å². The number of phenols is 1. The molecule has 3 fully saturated rings. The van der Waals surface area contributed by atoms with Crippen LogP contribution in [0.1, 0.15) is 29.9 Å². The Balaban J connectivity index is 1.42. The molecule has 3 aromatic rings. The highest BCUT2D eigenvalue weighted by Gasteiger charge is 2.77. The number of hydrogen-bond acceptors (Lipinski definition) is 5. The molecule has 2 aliphatic heterocycles. The molecule has 0 aromatic heterocycles. The summed E-state index contributed by atoms with van der Waals surface area (Å²) in [7, 11) is 0. The van der Waals surface area contributed by atoms with Gasteiger partial charge in [-0.15, -0.1) is 23.2 Å². The summed E-state index contributed by atoms with van der Waals surface area (Å²) in [5.74, 6) is -22.1. The number of amides is 4. The Morgan fingerprint density at radius 1 is 0.812 bits per heavy atom. The largest absolute Gasteiger partial charge is 0.508 e. The van der Waals surface area contributed by atoms with Gasteiger partial charge in [-0.2, -0.15) is 0 Å². The van der Waals surface area contributed by atoms with Crippen molar-refractivity contribution < 1.29 is 46.2 Å². The second-order valence-electron chi connectivity index (χ2n) is 12.1. The number of anilines is 1. The van der Waals surface area contributed by atoms with E-state index in [0.29, 0.717) is 5.56 Å². The summed E-state index contributed by atoms with van der Waals surface area (Å²) < 4.78 is 73.0. The number of fused-ring (bicyclic) bond motifs is 4. The monoisotopic (exact) mass is 724 g/mol. The minimum Gasteiger partial charge on any atom is -0.508 e. The quantitative estimate of drug-likeness (QED) is 0.0828. The van der Waals surface area contributed by atoms with Gasteiger partial charge in [-0.05, 0) is 42.5 Å². The van der Waals surface area contributed by atoms with Gasteiger partial charge in [-0.25, -0.2) is 26.9 Å². The lowest BCUT2D eigenvalue weighted by Crippen LogP contribution is -2.60. The van der Waals surface area contributed by atoms with Gasteiger partial charge in [-0.3, -0.25) is 24.1 Å². The number of halogens is 8. The Labute approximate surface area is 283 Å². The summed E-state index contributed by atoms with van der Waals surface area (Å²) in [6, 6.07) is 12.3. The molecule has 1 saturated carbocycles. The van der Waals surface area contributed by atoms with Crippen LogP contribution in [0.5, 0.6) is 5.75 Å². The Bertz CT molecular complexity index is 1990. The van der Waals surface area contributed by atoms with E-state index in [9.17, 15) is 37.5 Å². The van der Waals surface area contributed by atoms with E-state index in [0.717, 1.165) is 11.0 Å². The summed E-state index contributed by atoms with van der Waals surface area (Å²) in [6.07, 6.45) is 0.848. The zero-order valence-corrected chi connectivity index (χ0v) is 26.4. The number of hydrogen-bond donors (Lipinski definition) is 1. The summed E-state index contributed by atoms with van der Waals surface area (Å²) in [6.45, 7) is -0.0665. The van der Waals surface area contributed by atoms with Gasteiger partial charge in [0.05, 0.1) is 18.4 Å². The number of carbonyl (C=O) groups is 4. The lowest BCUT2D eigenvalue weighted by Gasteiger charge is -2.50. The second-order valence-corrected chi connectivity index (χ2v) is 13.8. The third-order valence-corrected chi connectivity index (χ3v) is 11.4. The van der Waals surface area contributed by atoms with Crippen molar-refractivity contribution in [1.29, 1.82) is 0 Å². The Morgan fingerprint density at radius 3 is 2.08 bits per heavy atom. The molecule has 2 aliphatic carbocycles. The van der Waals surface area contributed by atoms with Crippen molar-refractivity contribution in [2.24, 2.45) is 17.8 Å². The maximum atomic E-state index is 15.1. The van der Waals surface area contributed by atoms with E-state index >= 15 is 8.78 Å². The van der Waals surface area contributed by atoms with E-state index in [4.69, 9.17) is 34.8 Å². The topological polar surface area (TPSA) is 95.0 Å². The highest BCUT2D eigenvalue weighted by molar-refractivity contribution is 6.58. The van der Waals surface area contributed by atoms with E-state index in [1.54, 1.807) is 30.3 Å². The van der Waals surface area contributed by atoms with Crippen molar-refractivity contribution in [2.45, 2.75) is 35.1 Å². The number of allylic oxidation sites excluding steroid dienone is 2. The first-order chi connectivity index (χ1) is 22.6. The minimum absolute atomic E-state index is 0.0224. The van der Waals surface area contributed by atoms with Crippen LogP contribution in [0.25, 0.3) is 0 Å². The van der Waals surface area contributed by atoms with Gasteiger partial charge >= 0.3 is 0 Å². The SMILES string of the molecule is O=C1C2CC=C3C(CC4(Cl)C(=O)N(c5c(F)c(F)c(F)c(F)c5F)C(=O)C4(Cl)C3c3cc(Cl)ccc3O)C2C(=O)N1Cc1ccccc1. The van der Waals surface area contributed by atoms with Crippen LogP contribution in [-0.4, -0.2) is 43.4 Å². The predicted molar refractivity (Wildman–Crippen MR) is 162 cm³/mol. The average molecular weight is 726 g/mol. The fourth-order valence-corrected chi connectivity index (χ4v) is 8.76. The van der Waals surface area contributed by atoms with Crippen molar-refractivity contribution >= 4 is 64.1 Å². The van der Waals surface area contributed by atoms with Gasteiger partial charge in [0.1, 0.15) is 11.4 Å². The zero-order chi connectivity index (χ0) is 34.6. The maximum absolute atomic E-state index is 15.1. The third kappa shape index (κ3) is 4.18. The van der Waals surface area contributed by atoms with E-state index in [2.05, 4.69) is 0 Å². The van der Waals surface area contributed by atoms with Crippen LogP contribution in [0.2, 0.25) is 5.02 Å². The van der Waals surface area contributed by atoms with E-state index in [1.165, 1.54) is 18.2 Å². The Hall–Kier alpha value is -4.00. The number of phenolic OH excluding ortho intramolecular Hbond substituents is 1. The molecular weight excluding hydrogens is 706 g/mol. The smallest absolute Gasteiger partial charge is 0.258 e. The van der Waals surface area contributed by atoms with Crippen LogP contribution < -0.4 is 4.90 Å². The molecule has 3 aromatic carbocycles.